The average molecular weight is 211 g/mol. The van der Waals surface area contributed by atoms with Crippen LogP contribution >= 0.6 is 11.6 Å². The molecule has 4 heteroatoms. The molecule has 1 N–H and O–H groups in total. The van der Waals surface area contributed by atoms with Gasteiger partial charge >= 0.3 is 0 Å². The first kappa shape index (κ1) is 9.49. The standard InChI is InChI=1S/C10H11ClN2O/c11-9-4-1-5-10-12-8(3-2-6-14)7-13(9)10/h1,4-5,7,14H,2-3,6H2. The lowest BCUT2D eigenvalue weighted by Crippen LogP contribution is -1.88. The molecule has 2 rings (SSSR count). The SMILES string of the molecule is OCCCc1cn2c(Cl)cccc2n1. The van der Waals surface area contributed by atoms with Crippen LogP contribution in [0.5, 0.6) is 0 Å². The minimum Gasteiger partial charge on any atom is -0.396 e. The topological polar surface area (TPSA) is 37.5 Å². The van der Waals surface area contributed by atoms with Gasteiger partial charge in [-0.3, -0.25) is 4.40 Å². The molecule has 0 saturated heterocycles. The van der Waals surface area contributed by atoms with Gasteiger partial charge in [0.25, 0.3) is 0 Å². The van der Waals surface area contributed by atoms with E-state index in [-0.39, 0.29) is 6.61 Å². The van der Waals surface area contributed by atoms with E-state index >= 15 is 0 Å². The van der Waals surface area contributed by atoms with E-state index in [0.717, 1.165) is 24.2 Å². The molecule has 14 heavy (non-hydrogen) atoms. The summed E-state index contributed by atoms with van der Waals surface area (Å²) in [4.78, 5) is 4.38. The number of hydrogen-bond donors (Lipinski definition) is 1. The van der Waals surface area contributed by atoms with Crippen molar-refractivity contribution in [1.82, 2.24) is 9.38 Å². The second-order valence-corrected chi connectivity index (χ2v) is 3.52. The molecular formula is C10H11ClN2O. The van der Waals surface area contributed by atoms with Crippen LogP contribution in [0.2, 0.25) is 5.15 Å². The number of halogens is 1. The van der Waals surface area contributed by atoms with Gasteiger partial charge in [-0.25, -0.2) is 4.98 Å². The minimum absolute atomic E-state index is 0.196. The van der Waals surface area contributed by atoms with E-state index in [0.29, 0.717) is 5.15 Å². The fourth-order valence-electron chi connectivity index (χ4n) is 1.41. The minimum atomic E-state index is 0.196. The zero-order chi connectivity index (χ0) is 9.97. The summed E-state index contributed by atoms with van der Waals surface area (Å²) in [6, 6.07) is 5.61. The monoisotopic (exact) mass is 210 g/mol. The van der Waals surface area contributed by atoms with E-state index < -0.39 is 0 Å². The van der Waals surface area contributed by atoms with Crippen LogP contribution in [-0.2, 0) is 6.42 Å². The zero-order valence-corrected chi connectivity index (χ0v) is 8.41. The number of pyridine rings is 1. The third kappa shape index (κ3) is 1.74. The van der Waals surface area contributed by atoms with Crippen LogP contribution in [0.15, 0.2) is 24.4 Å². The molecule has 0 spiro atoms. The molecular weight excluding hydrogens is 200 g/mol. The largest absolute Gasteiger partial charge is 0.396 e. The van der Waals surface area contributed by atoms with Crippen LogP contribution in [0.4, 0.5) is 0 Å². The number of hydrogen-bond acceptors (Lipinski definition) is 2. The Hall–Kier alpha value is -1.06. The third-order valence-electron chi connectivity index (χ3n) is 2.08. The van der Waals surface area contributed by atoms with Gasteiger partial charge in [0.15, 0.2) is 0 Å². The highest BCUT2D eigenvalue weighted by Crippen LogP contribution is 2.13. The summed E-state index contributed by atoms with van der Waals surface area (Å²) < 4.78 is 1.84. The normalized spacial score (nSPS) is 11.0. The van der Waals surface area contributed by atoms with Gasteiger partial charge in [0.1, 0.15) is 10.8 Å². The van der Waals surface area contributed by atoms with Crippen LogP contribution in [0, 0.1) is 0 Å². The Morgan fingerprint density at radius 1 is 1.43 bits per heavy atom. The van der Waals surface area contributed by atoms with Crippen molar-refractivity contribution in [3.05, 3.63) is 35.2 Å². The molecule has 74 valence electrons. The van der Waals surface area contributed by atoms with Crippen LogP contribution < -0.4 is 0 Å². The van der Waals surface area contributed by atoms with Crippen molar-refractivity contribution in [2.75, 3.05) is 6.61 Å². The molecule has 0 saturated carbocycles. The Kier molecular flexibility index (Phi) is 2.70. The molecule has 0 aliphatic rings. The van der Waals surface area contributed by atoms with Crippen molar-refractivity contribution in [3.8, 4) is 0 Å². The van der Waals surface area contributed by atoms with Crippen LogP contribution in [-0.4, -0.2) is 21.1 Å². The summed E-state index contributed by atoms with van der Waals surface area (Å²) in [6.07, 6.45) is 3.43. The Bertz CT molecular complexity index is 439. The van der Waals surface area contributed by atoms with Crippen molar-refractivity contribution in [1.29, 1.82) is 0 Å². The molecule has 0 unspecified atom stereocenters. The van der Waals surface area contributed by atoms with Crippen LogP contribution in [0.1, 0.15) is 12.1 Å². The van der Waals surface area contributed by atoms with Gasteiger partial charge in [-0.1, -0.05) is 17.7 Å². The summed E-state index contributed by atoms with van der Waals surface area (Å²) in [5, 5.41) is 9.35. The van der Waals surface area contributed by atoms with Gasteiger partial charge in [0.05, 0.1) is 5.69 Å². The molecule has 0 fully saturated rings. The number of rotatable bonds is 3. The molecule has 0 bridgehead atoms. The molecule has 0 aromatic carbocycles. The van der Waals surface area contributed by atoms with Crippen molar-refractivity contribution >= 4 is 17.2 Å². The second-order valence-electron chi connectivity index (χ2n) is 3.14. The molecule has 0 radical (unpaired) electrons. The third-order valence-corrected chi connectivity index (χ3v) is 2.39. The molecule has 0 aliphatic carbocycles. The quantitative estimate of drug-likeness (QED) is 0.786. The summed E-state index contributed by atoms with van der Waals surface area (Å²) >= 11 is 5.98. The summed E-state index contributed by atoms with van der Waals surface area (Å²) in [5.74, 6) is 0. The summed E-state index contributed by atoms with van der Waals surface area (Å²) in [7, 11) is 0. The van der Waals surface area contributed by atoms with E-state index in [1.54, 1.807) is 0 Å². The number of nitrogens with zero attached hydrogens (tertiary/aromatic N) is 2. The lowest BCUT2D eigenvalue weighted by atomic mass is 10.3. The predicted octanol–water partition coefficient (Wildman–Crippen LogP) is 1.91. The van der Waals surface area contributed by atoms with E-state index in [2.05, 4.69) is 4.98 Å². The molecule has 2 aromatic heterocycles. The van der Waals surface area contributed by atoms with Gasteiger partial charge < -0.3 is 5.11 Å². The molecule has 2 heterocycles. The second kappa shape index (κ2) is 3.98. The molecule has 0 atom stereocenters. The fourth-order valence-corrected chi connectivity index (χ4v) is 1.62. The Balaban J connectivity index is 2.36. The maximum Gasteiger partial charge on any atom is 0.138 e. The first-order valence-electron chi connectivity index (χ1n) is 4.54. The van der Waals surface area contributed by atoms with Gasteiger partial charge in [0, 0.05) is 12.8 Å². The van der Waals surface area contributed by atoms with Crippen LogP contribution in [0.25, 0.3) is 5.65 Å². The molecule has 2 aromatic rings. The first-order chi connectivity index (χ1) is 6.81. The number of aliphatic hydroxyl groups excluding tert-OH is 1. The summed E-state index contributed by atoms with van der Waals surface area (Å²) in [5.41, 5.74) is 1.82. The van der Waals surface area contributed by atoms with Crippen LogP contribution in [0.3, 0.4) is 0 Å². The van der Waals surface area contributed by atoms with Gasteiger partial charge in [-0.2, -0.15) is 0 Å². The van der Waals surface area contributed by atoms with Crippen molar-refractivity contribution in [2.24, 2.45) is 0 Å². The lowest BCUT2D eigenvalue weighted by Gasteiger charge is -1.93. The zero-order valence-electron chi connectivity index (χ0n) is 7.65. The molecule has 0 aliphatic heterocycles. The first-order valence-corrected chi connectivity index (χ1v) is 4.92. The average Bonchev–Trinajstić information content (AvgIpc) is 2.59. The van der Waals surface area contributed by atoms with Gasteiger partial charge in [-0.15, -0.1) is 0 Å². The van der Waals surface area contributed by atoms with E-state index in [1.807, 2.05) is 28.8 Å². The van der Waals surface area contributed by atoms with E-state index in [4.69, 9.17) is 16.7 Å². The smallest absolute Gasteiger partial charge is 0.138 e. The van der Waals surface area contributed by atoms with E-state index in [1.165, 1.54) is 0 Å². The van der Waals surface area contributed by atoms with Gasteiger partial charge in [-0.05, 0) is 25.0 Å². The van der Waals surface area contributed by atoms with Crippen molar-refractivity contribution in [3.63, 3.8) is 0 Å². The Morgan fingerprint density at radius 2 is 2.29 bits per heavy atom. The molecule has 3 nitrogen and oxygen atoms in total. The number of imidazole rings is 1. The predicted molar refractivity (Wildman–Crippen MR) is 55.6 cm³/mol. The Morgan fingerprint density at radius 3 is 3.00 bits per heavy atom. The van der Waals surface area contributed by atoms with Crippen molar-refractivity contribution in [2.45, 2.75) is 12.8 Å². The lowest BCUT2D eigenvalue weighted by molar-refractivity contribution is 0.288. The summed E-state index contributed by atoms with van der Waals surface area (Å²) in [6.45, 7) is 0.196. The maximum atomic E-state index is 8.70. The molecule has 0 amide bonds. The van der Waals surface area contributed by atoms with E-state index in [9.17, 15) is 0 Å². The number of aliphatic hydroxyl groups is 1. The van der Waals surface area contributed by atoms with Crippen molar-refractivity contribution < 1.29 is 5.11 Å². The Labute approximate surface area is 87.0 Å². The highest BCUT2D eigenvalue weighted by Gasteiger charge is 2.02. The number of fused-ring (bicyclic) bond motifs is 1. The van der Waals surface area contributed by atoms with Gasteiger partial charge in [0.2, 0.25) is 0 Å². The fraction of sp³-hybridized carbons (Fsp3) is 0.300. The number of aryl methyl sites for hydroxylation is 1. The number of aromatic nitrogens is 2. The maximum absolute atomic E-state index is 8.70. The highest BCUT2D eigenvalue weighted by atomic mass is 35.5. The highest BCUT2D eigenvalue weighted by molar-refractivity contribution is 6.29.